The van der Waals surface area contributed by atoms with Gasteiger partial charge in [0.15, 0.2) is 0 Å². The van der Waals surface area contributed by atoms with E-state index in [1.165, 1.54) is 0 Å². The third kappa shape index (κ3) is 5.17. The van der Waals surface area contributed by atoms with Gasteiger partial charge in [0.05, 0.1) is 17.5 Å². The molecule has 1 unspecified atom stereocenters. The second kappa shape index (κ2) is 10.3. The summed E-state index contributed by atoms with van der Waals surface area (Å²) in [5.74, 6) is 0. The summed E-state index contributed by atoms with van der Waals surface area (Å²) in [5, 5.41) is 9.93. The Labute approximate surface area is 188 Å². The van der Waals surface area contributed by atoms with E-state index in [9.17, 15) is 5.11 Å². The smallest absolute Gasteiger partial charge is 0.0783 e. The van der Waals surface area contributed by atoms with Gasteiger partial charge in [-0.05, 0) is 55.0 Å². The Morgan fingerprint density at radius 1 is 0.875 bits per heavy atom. The summed E-state index contributed by atoms with van der Waals surface area (Å²) in [5.41, 5.74) is 6.13. The lowest BCUT2D eigenvalue weighted by Gasteiger charge is -2.08. The summed E-state index contributed by atoms with van der Waals surface area (Å²) in [6, 6.07) is 32.0. The molecular formula is C28H25N3O. The van der Waals surface area contributed by atoms with Crippen LogP contribution in [0.5, 0.6) is 0 Å². The highest BCUT2D eigenvalue weighted by molar-refractivity contribution is 5.81. The number of aromatic nitrogens is 2. The molecule has 4 nitrogen and oxygen atoms in total. The number of fused-ring (bicyclic) bond motifs is 1. The van der Waals surface area contributed by atoms with Crippen molar-refractivity contribution in [2.45, 2.75) is 13.0 Å². The summed E-state index contributed by atoms with van der Waals surface area (Å²) in [6.45, 7) is 1.79. The fourth-order valence-corrected chi connectivity index (χ4v) is 3.47. The van der Waals surface area contributed by atoms with Crippen LogP contribution in [0, 0.1) is 0 Å². The molecule has 0 saturated carbocycles. The largest absolute Gasteiger partial charge is 0.389 e. The predicted octanol–water partition coefficient (Wildman–Crippen LogP) is 6.49. The molecule has 1 atom stereocenters. The first-order chi connectivity index (χ1) is 15.7. The number of para-hydroxylation sites is 1. The number of aliphatic imine (C=N–C) groups is 1. The Morgan fingerprint density at radius 3 is 2.28 bits per heavy atom. The van der Waals surface area contributed by atoms with Crippen LogP contribution in [0.1, 0.15) is 24.2 Å². The van der Waals surface area contributed by atoms with Crippen molar-refractivity contribution in [3.05, 3.63) is 127 Å². The molecule has 1 N–H and O–H groups in total. The summed E-state index contributed by atoms with van der Waals surface area (Å²) < 4.78 is 2.08. The summed E-state index contributed by atoms with van der Waals surface area (Å²) >= 11 is 0. The lowest BCUT2D eigenvalue weighted by molar-refractivity contribution is 0.200. The van der Waals surface area contributed by atoms with E-state index in [-0.39, 0.29) is 0 Å². The minimum atomic E-state index is -0.500. The van der Waals surface area contributed by atoms with Crippen LogP contribution in [-0.2, 0) is 0 Å². The second-order valence-electron chi connectivity index (χ2n) is 7.37. The number of rotatable bonds is 4. The molecule has 0 radical (unpaired) electrons. The first kappa shape index (κ1) is 21.2. The predicted molar refractivity (Wildman–Crippen MR) is 131 cm³/mol. The highest BCUT2D eigenvalue weighted by Gasteiger charge is 2.15. The van der Waals surface area contributed by atoms with Gasteiger partial charge in [0, 0.05) is 41.4 Å². The maximum atomic E-state index is 9.93. The van der Waals surface area contributed by atoms with Gasteiger partial charge in [0.25, 0.3) is 0 Å². The minimum Gasteiger partial charge on any atom is -0.389 e. The molecule has 3 heterocycles. The lowest BCUT2D eigenvalue weighted by atomic mass is 10.1. The van der Waals surface area contributed by atoms with Gasteiger partial charge in [-0.3, -0.25) is 9.98 Å². The molecule has 0 bridgehead atoms. The first-order valence-corrected chi connectivity index (χ1v) is 10.5. The van der Waals surface area contributed by atoms with E-state index >= 15 is 0 Å². The number of aliphatic hydroxyl groups excluding tert-OH is 1. The molecule has 0 aliphatic rings. The molecule has 32 heavy (non-hydrogen) atoms. The van der Waals surface area contributed by atoms with E-state index in [1.54, 1.807) is 13.1 Å². The number of benzene rings is 2. The van der Waals surface area contributed by atoms with E-state index in [2.05, 4.69) is 14.4 Å². The van der Waals surface area contributed by atoms with Crippen molar-refractivity contribution < 1.29 is 5.11 Å². The van der Waals surface area contributed by atoms with Crippen LogP contribution in [0.3, 0.4) is 0 Å². The van der Waals surface area contributed by atoms with Gasteiger partial charge in [-0.25, -0.2) is 0 Å². The van der Waals surface area contributed by atoms with Gasteiger partial charge in [-0.15, -0.1) is 0 Å². The Morgan fingerprint density at radius 2 is 1.59 bits per heavy atom. The van der Waals surface area contributed by atoms with Gasteiger partial charge >= 0.3 is 0 Å². The quantitative estimate of drug-likeness (QED) is 0.338. The number of nitrogens with zero attached hydrogens (tertiary/aromatic N) is 3. The molecule has 5 aromatic rings. The summed E-state index contributed by atoms with van der Waals surface area (Å²) in [6.07, 6.45) is 6.95. The lowest BCUT2D eigenvalue weighted by Crippen LogP contribution is -1.95. The van der Waals surface area contributed by atoms with Crippen molar-refractivity contribution >= 4 is 17.4 Å². The zero-order valence-corrected chi connectivity index (χ0v) is 17.9. The average molecular weight is 420 g/mol. The molecular weight excluding hydrogens is 394 g/mol. The molecule has 4 heteroatoms. The standard InChI is InChI=1S/C15H14N2O.C13H11N/c1-11(18)14-9-13-6-2-3-8-17(13)15(14)12-5-4-7-16-10-12;1-3-7-12(8-4-1)11-14-13-9-5-2-6-10-13/h2-11,18H,1H3;1-11H. The van der Waals surface area contributed by atoms with Crippen molar-refractivity contribution in [2.24, 2.45) is 4.99 Å². The molecule has 5 rings (SSSR count). The Bertz CT molecular complexity index is 1240. The molecule has 3 aromatic heterocycles. The summed E-state index contributed by atoms with van der Waals surface area (Å²) in [4.78, 5) is 8.50. The Kier molecular flexibility index (Phi) is 6.85. The number of aliphatic hydroxyl groups is 1. The molecule has 158 valence electrons. The van der Waals surface area contributed by atoms with Crippen molar-refractivity contribution in [2.75, 3.05) is 0 Å². The second-order valence-corrected chi connectivity index (χ2v) is 7.37. The number of hydrogen-bond donors (Lipinski definition) is 1. The molecule has 0 aliphatic heterocycles. The third-order valence-corrected chi connectivity index (χ3v) is 5.01. The normalized spacial score (nSPS) is 11.8. The van der Waals surface area contributed by atoms with Crippen LogP contribution in [-0.4, -0.2) is 20.7 Å². The molecule has 0 amide bonds. The minimum absolute atomic E-state index is 0.500. The maximum Gasteiger partial charge on any atom is 0.0783 e. The van der Waals surface area contributed by atoms with Crippen LogP contribution in [0.25, 0.3) is 16.8 Å². The molecule has 2 aromatic carbocycles. The molecule has 0 fully saturated rings. The number of pyridine rings is 2. The first-order valence-electron chi connectivity index (χ1n) is 10.5. The Hall–Kier alpha value is -4.02. The van der Waals surface area contributed by atoms with E-state index in [0.717, 1.165) is 33.6 Å². The zero-order valence-electron chi connectivity index (χ0n) is 17.9. The van der Waals surface area contributed by atoms with Crippen molar-refractivity contribution in [3.8, 4) is 11.3 Å². The fourth-order valence-electron chi connectivity index (χ4n) is 3.47. The van der Waals surface area contributed by atoms with E-state index in [4.69, 9.17) is 0 Å². The molecule has 0 saturated heterocycles. The third-order valence-electron chi connectivity index (χ3n) is 5.01. The van der Waals surface area contributed by atoms with Gasteiger partial charge in [-0.1, -0.05) is 54.6 Å². The van der Waals surface area contributed by atoms with Crippen LogP contribution in [0.15, 0.2) is 121 Å². The van der Waals surface area contributed by atoms with Crippen molar-refractivity contribution in [1.29, 1.82) is 0 Å². The maximum absolute atomic E-state index is 9.93. The van der Waals surface area contributed by atoms with Gasteiger partial charge in [0.1, 0.15) is 0 Å². The van der Waals surface area contributed by atoms with Crippen LogP contribution in [0.2, 0.25) is 0 Å². The topological polar surface area (TPSA) is 49.9 Å². The van der Waals surface area contributed by atoms with Crippen molar-refractivity contribution in [3.63, 3.8) is 0 Å². The fraction of sp³-hybridized carbons (Fsp3) is 0.0714. The summed E-state index contributed by atoms with van der Waals surface area (Å²) in [7, 11) is 0. The number of hydrogen-bond acceptors (Lipinski definition) is 3. The van der Waals surface area contributed by atoms with Gasteiger partial charge < -0.3 is 9.51 Å². The van der Waals surface area contributed by atoms with E-state index in [0.29, 0.717) is 0 Å². The average Bonchev–Trinajstić information content (AvgIpc) is 3.25. The van der Waals surface area contributed by atoms with Crippen LogP contribution >= 0.6 is 0 Å². The van der Waals surface area contributed by atoms with Crippen LogP contribution < -0.4 is 0 Å². The van der Waals surface area contributed by atoms with Gasteiger partial charge in [-0.2, -0.15) is 0 Å². The van der Waals surface area contributed by atoms with Gasteiger partial charge in [0.2, 0.25) is 0 Å². The van der Waals surface area contributed by atoms with E-state index in [1.807, 2.05) is 116 Å². The monoisotopic (exact) mass is 419 g/mol. The molecule has 0 aliphatic carbocycles. The SMILES string of the molecule is C(=Nc1ccccc1)c1ccccc1.CC(O)c1cc2ccccn2c1-c1cccnc1. The van der Waals surface area contributed by atoms with Crippen LogP contribution in [0.4, 0.5) is 5.69 Å². The van der Waals surface area contributed by atoms with E-state index < -0.39 is 6.10 Å². The highest BCUT2D eigenvalue weighted by atomic mass is 16.3. The zero-order chi connectivity index (χ0) is 22.2. The van der Waals surface area contributed by atoms with Crippen molar-refractivity contribution in [1.82, 2.24) is 9.38 Å². The highest BCUT2D eigenvalue weighted by Crippen LogP contribution is 2.31. The Balaban J connectivity index is 0.000000158. The molecule has 0 spiro atoms.